The van der Waals surface area contributed by atoms with Gasteiger partial charge in [0.25, 0.3) is 0 Å². The van der Waals surface area contributed by atoms with Gasteiger partial charge in [0.1, 0.15) is 6.26 Å². The van der Waals surface area contributed by atoms with Crippen molar-refractivity contribution in [1.29, 1.82) is 0 Å². The van der Waals surface area contributed by atoms with Gasteiger partial charge in [-0.05, 0) is 24.6 Å². The van der Waals surface area contributed by atoms with E-state index in [-0.39, 0.29) is 0 Å². The van der Waals surface area contributed by atoms with Crippen molar-refractivity contribution in [2.45, 2.75) is 33.4 Å². The lowest BCUT2D eigenvalue weighted by Gasteiger charge is -2.04. The number of nitrogens with one attached hydrogen (secondary N) is 1. The van der Waals surface area contributed by atoms with E-state index in [1.165, 1.54) is 0 Å². The monoisotopic (exact) mass is 308 g/mol. The topological polar surface area (TPSA) is 38.1 Å². The summed E-state index contributed by atoms with van der Waals surface area (Å²) in [6.07, 6.45) is 1.71. The maximum atomic E-state index is 5.55. The summed E-state index contributed by atoms with van der Waals surface area (Å²) in [6, 6.07) is 6.54. The first kappa shape index (κ1) is 13.3. The largest absolute Gasteiger partial charge is 0.444 e. The summed E-state index contributed by atoms with van der Waals surface area (Å²) in [5.74, 6) is 0.675. The minimum absolute atomic E-state index is 0.442. The van der Waals surface area contributed by atoms with Crippen molar-refractivity contribution in [2.24, 2.45) is 0 Å². The Morgan fingerprint density at radius 1 is 1.39 bits per heavy atom. The Hall–Kier alpha value is -1.13. The molecule has 3 nitrogen and oxygen atoms in total. The fraction of sp³-hybridized carbons (Fsp3) is 0.357. The standard InChI is InChI=1S/C14H17BrN2O/c1-9(2)16-7-12-8-18-14(17-12)13-6-11(15)5-4-10(13)3/h4-6,8-9,16H,7H2,1-3H3. The molecule has 4 heteroatoms. The first-order valence-electron chi connectivity index (χ1n) is 6.00. The van der Waals surface area contributed by atoms with Crippen LogP contribution in [0.1, 0.15) is 25.1 Å². The average molecular weight is 309 g/mol. The van der Waals surface area contributed by atoms with E-state index in [1.54, 1.807) is 6.26 Å². The van der Waals surface area contributed by atoms with Gasteiger partial charge in [-0.25, -0.2) is 4.98 Å². The van der Waals surface area contributed by atoms with E-state index in [0.717, 1.165) is 27.8 Å². The lowest BCUT2D eigenvalue weighted by atomic mass is 10.1. The Labute approximate surface area is 116 Å². The highest BCUT2D eigenvalue weighted by atomic mass is 79.9. The van der Waals surface area contributed by atoms with Gasteiger partial charge in [0, 0.05) is 22.6 Å². The van der Waals surface area contributed by atoms with Crippen molar-refractivity contribution < 1.29 is 4.42 Å². The van der Waals surface area contributed by atoms with Crippen molar-refractivity contribution in [3.05, 3.63) is 40.2 Å². The van der Waals surface area contributed by atoms with E-state index >= 15 is 0 Å². The molecular weight excluding hydrogens is 292 g/mol. The zero-order valence-corrected chi connectivity index (χ0v) is 12.4. The van der Waals surface area contributed by atoms with Crippen LogP contribution in [0.2, 0.25) is 0 Å². The van der Waals surface area contributed by atoms with Crippen LogP contribution in [0, 0.1) is 6.92 Å². The minimum atomic E-state index is 0.442. The number of aromatic nitrogens is 1. The molecule has 0 atom stereocenters. The van der Waals surface area contributed by atoms with E-state index < -0.39 is 0 Å². The van der Waals surface area contributed by atoms with Crippen LogP contribution in [-0.2, 0) is 6.54 Å². The predicted molar refractivity (Wildman–Crippen MR) is 76.4 cm³/mol. The molecule has 2 aromatic rings. The summed E-state index contributed by atoms with van der Waals surface area (Å²) in [6.45, 7) is 7.01. The summed E-state index contributed by atoms with van der Waals surface area (Å²) in [4.78, 5) is 4.50. The first-order valence-corrected chi connectivity index (χ1v) is 6.80. The third-order valence-electron chi connectivity index (χ3n) is 2.67. The van der Waals surface area contributed by atoms with Gasteiger partial charge in [-0.3, -0.25) is 0 Å². The van der Waals surface area contributed by atoms with Gasteiger partial charge < -0.3 is 9.73 Å². The van der Waals surface area contributed by atoms with Crippen LogP contribution in [0.5, 0.6) is 0 Å². The summed E-state index contributed by atoms with van der Waals surface area (Å²) in [7, 11) is 0. The molecule has 96 valence electrons. The summed E-state index contributed by atoms with van der Waals surface area (Å²) >= 11 is 3.47. The Morgan fingerprint density at radius 2 is 2.17 bits per heavy atom. The molecule has 1 aromatic heterocycles. The molecule has 0 fully saturated rings. The van der Waals surface area contributed by atoms with E-state index in [2.05, 4.69) is 53.1 Å². The highest BCUT2D eigenvalue weighted by molar-refractivity contribution is 9.10. The Kier molecular flexibility index (Phi) is 4.19. The molecule has 0 spiro atoms. The van der Waals surface area contributed by atoms with Gasteiger partial charge in [0.15, 0.2) is 0 Å². The maximum absolute atomic E-state index is 5.55. The number of halogens is 1. The molecule has 2 rings (SSSR count). The summed E-state index contributed by atoms with van der Waals surface area (Å²) in [5.41, 5.74) is 3.11. The van der Waals surface area contributed by atoms with Gasteiger partial charge in [-0.1, -0.05) is 35.8 Å². The third kappa shape index (κ3) is 3.21. The van der Waals surface area contributed by atoms with Crippen LogP contribution in [0.25, 0.3) is 11.5 Å². The van der Waals surface area contributed by atoms with Crippen LogP contribution in [-0.4, -0.2) is 11.0 Å². The maximum Gasteiger partial charge on any atom is 0.226 e. The zero-order chi connectivity index (χ0) is 13.1. The molecular formula is C14H17BrN2O. The van der Waals surface area contributed by atoms with E-state index in [9.17, 15) is 0 Å². The second-order valence-electron chi connectivity index (χ2n) is 4.64. The Bertz CT molecular complexity index is 534. The normalized spacial score (nSPS) is 11.2. The van der Waals surface area contributed by atoms with Crippen LogP contribution in [0.4, 0.5) is 0 Å². The molecule has 0 bridgehead atoms. The van der Waals surface area contributed by atoms with Gasteiger partial charge in [-0.2, -0.15) is 0 Å². The van der Waals surface area contributed by atoms with E-state index in [0.29, 0.717) is 11.9 Å². The average Bonchev–Trinajstić information content (AvgIpc) is 2.78. The van der Waals surface area contributed by atoms with E-state index in [4.69, 9.17) is 4.42 Å². The second-order valence-corrected chi connectivity index (χ2v) is 5.55. The number of nitrogens with zero attached hydrogens (tertiary/aromatic N) is 1. The molecule has 0 unspecified atom stereocenters. The van der Waals surface area contributed by atoms with Crippen LogP contribution in [0.15, 0.2) is 33.4 Å². The molecule has 0 saturated carbocycles. The number of rotatable bonds is 4. The summed E-state index contributed by atoms with van der Waals surface area (Å²) in [5, 5.41) is 3.32. The molecule has 0 aliphatic heterocycles. The van der Waals surface area contributed by atoms with Crippen molar-refractivity contribution in [3.8, 4) is 11.5 Å². The highest BCUT2D eigenvalue weighted by Crippen LogP contribution is 2.26. The summed E-state index contributed by atoms with van der Waals surface area (Å²) < 4.78 is 6.58. The number of oxazole rings is 1. The molecule has 0 saturated heterocycles. The van der Waals surface area contributed by atoms with Crippen molar-refractivity contribution in [3.63, 3.8) is 0 Å². The Balaban J connectivity index is 2.21. The molecule has 18 heavy (non-hydrogen) atoms. The zero-order valence-electron chi connectivity index (χ0n) is 10.8. The van der Waals surface area contributed by atoms with Crippen LogP contribution in [0.3, 0.4) is 0 Å². The van der Waals surface area contributed by atoms with Gasteiger partial charge in [-0.15, -0.1) is 0 Å². The fourth-order valence-corrected chi connectivity index (χ4v) is 2.01. The number of hydrogen-bond acceptors (Lipinski definition) is 3. The molecule has 1 N–H and O–H groups in total. The van der Waals surface area contributed by atoms with Crippen molar-refractivity contribution in [1.82, 2.24) is 10.3 Å². The molecule has 0 amide bonds. The minimum Gasteiger partial charge on any atom is -0.444 e. The third-order valence-corrected chi connectivity index (χ3v) is 3.17. The molecule has 0 aliphatic carbocycles. The van der Waals surface area contributed by atoms with E-state index in [1.807, 2.05) is 12.1 Å². The first-order chi connectivity index (χ1) is 8.56. The molecule has 1 aromatic carbocycles. The van der Waals surface area contributed by atoms with Crippen molar-refractivity contribution in [2.75, 3.05) is 0 Å². The predicted octanol–water partition coefficient (Wildman–Crippen LogP) is 3.91. The number of aryl methyl sites for hydroxylation is 1. The molecule has 0 aliphatic rings. The highest BCUT2D eigenvalue weighted by Gasteiger charge is 2.10. The lowest BCUT2D eigenvalue weighted by Crippen LogP contribution is -2.21. The smallest absolute Gasteiger partial charge is 0.226 e. The fourth-order valence-electron chi connectivity index (χ4n) is 1.65. The number of hydrogen-bond donors (Lipinski definition) is 1. The van der Waals surface area contributed by atoms with Gasteiger partial charge in [0.05, 0.1) is 5.69 Å². The van der Waals surface area contributed by atoms with Gasteiger partial charge in [0.2, 0.25) is 5.89 Å². The SMILES string of the molecule is Cc1ccc(Br)cc1-c1nc(CNC(C)C)co1. The second kappa shape index (κ2) is 5.67. The van der Waals surface area contributed by atoms with Crippen LogP contribution >= 0.6 is 15.9 Å². The molecule has 1 heterocycles. The number of benzene rings is 1. The Morgan fingerprint density at radius 3 is 2.89 bits per heavy atom. The molecule has 0 radical (unpaired) electrons. The van der Waals surface area contributed by atoms with Gasteiger partial charge >= 0.3 is 0 Å². The van der Waals surface area contributed by atoms with Crippen molar-refractivity contribution >= 4 is 15.9 Å². The van der Waals surface area contributed by atoms with Crippen LogP contribution < -0.4 is 5.32 Å². The lowest BCUT2D eigenvalue weighted by molar-refractivity contribution is 0.560. The quantitative estimate of drug-likeness (QED) is 0.930.